The van der Waals surface area contributed by atoms with E-state index in [9.17, 15) is 14.4 Å². The van der Waals surface area contributed by atoms with Crippen molar-refractivity contribution in [1.82, 2.24) is 20.2 Å². The molecule has 1 aliphatic heterocycles. The first kappa shape index (κ1) is 26.6. The molecule has 1 saturated heterocycles. The van der Waals surface area contributed by atoms with Crippen LogP contribution in [-0.4, -0.2) is 45.4 Å². The number of pyridine rings is 2. The van der Waals surface area contributed by atoms with Gasteiger partial charge in [0.15, 0.2) is 12.1 Å². The molecule has 0 aliphatic carbocycles. The molecule has 2 atom stereocenters. The maximum absolute atomic E-state index is 13.5. The van der Waals surface area contributed by atoms with E-state index in [4.69, 9.17) is 4.74 Å². The third kappa shape index (κ3) is 6.32. The molecule has 3 heterocycles. The number of cyclic esters (lactones) is 1. The first-order valence-electron chi connectivity index (χ1n) is 13.0. The summed E-state index contributed by atoms with van der Waals surface area (Å²) < 4.78 is 5.77. The molecule has 3 amide bonds. The molecule has 2 aromatic carbocycles. The topological polar surface area (TPSA) is 114 Å². The van der Waals surface area contributed by atoms with Gasteiger partial charge in [-0.2, -0.15) is 0 Å². The second-order valence-electron chi connectivity index (χ2n) is 9.55. The number of rotatable bonds is 9. The van der Waals surface area contributed by atoms with E-state index in [0.717, 1.165) is 16.8 Å². The lowest BCUT2D eigenvalue weighted by Crippen LogP contribution is -2.46. The second-order valence-corrected chi connectivity index (χ2v) is 9.55. The van der Waals surface area contributed by atoms with Gasteiger partial charge in [-0.25, -0.2) is 4.79 Å². The number of benzene rings is 2. The number of anilines is 1. The first-order valence-corrected chi connectivity index (χ1v) is 13.0. The Balaban J connectivity index is 1.34. The molecule has 5 rings (SSSR count). The van der Waals surface area contributed by atoms with Crippen LogP contribution >= 0.6 is 0 Å². The summed E-state index contributed by atoms with van der Waals surface area (Å²) in [6, 6.07) is 22.9. The van der Waals surface area contributed by atoms with Crippen molar-refractivity contribution < 1.29 is 19.1 Å². The van der Waals surface area contributed by atoms with E-state index in [1.54, 1.807) is 48.8 Å². The van der Waals surface area contributed by atoms with Crippen molar-refractivity contribution in [3.8, 4) is 0 Å². The Hall–Kier alpha value is -5.05. The van der Waals surface area contributed by atoms with Crippen LogP contribution in [0.3, 0.4) is 0 Å². The Kier molecular flexibility index (Phi) is 8.10. The number of ether oxygens (including phenoxy) is 1. The lowest BCUT2D eigenvalue weighted by Gasteiger charge is -2.24. The average Bonchev–Trinajstić information content (AvgIpc) is 3.30. The van der Waals surface area contributed by atoms with Crippen LogP contribution < -0.4 is 10.6 Å². The van der Waals surface area contributed by atoms with Crippen molar-refractivity contribution in [3.63, 3.8) is 0 Å². The number of hydrogen-bond acceptors (Lipinski definition) is 6. The van der Waals surface area contributed by atoms with Gasteiger partial charge in [-0.3, -0.25) is 24.5 Å². The van der Waals surface area contributed by atoms with Gasteiger partial charge >= 0.3 is 6.09 Å². The third-order valence-electron chi connectivity index (χ3n) is 6.62. The highest BCUT2D eigenvalue weighted by Gasteiger charge is 2.46. The highest BCUT2D eigenvalue weighted by molar-refractivity contribution is 6.04. The van der Waals surface area contributed by atoms with Crippen LogP contribution in [0.15, 0.2) is 97.5 Å². The Morgan fingerprint density at radius 2 is 1.82 bits per heavy atom. The molecule has 0 radical (unpaired) electrons. The van der Waals surface area contributed by atoms with Crippen LogP contribution in [0.4, 0.5) is 10.5 Å². The quantitative estimate of drug-likeness (QED) is 0.327. The molecule has 0 bridgehead atoms. The smallest absolute Gasteiger partial charge is 0.411 e. The van der Waals surface area contributed by atoms with Crippen LogP contribution in [0.2, 0.25) is 0 Å². The van der Waals surface area contributed by atoms with Crippen LogP contribution in [-0.2, 0) is 22.5 Å². The predicted molar refractivity (Wildman–Crippen MR) is 149 cm³/mol. The number of aromatic nitrogens is 2. The third-order valence-corrected chi connectivity index (χ3v) is 6.62. The van der Waals surface area contributed by atoms with E-state index >= 15 is 0 Å². The van der Waals surface area contributed by atoms with Crippen molar-refractivity contribution >= 4 is 23.6 Å². The number of amides is 3. The lowest BCUT2D eigenvalue weighted by molar-refractivity contribution is -0.126. The fraction of sp³-hybridized carbons (Fsp3) is 0.194. The molecule has 0 saturated carbocycles. The van der Waals surface area contributed by atoms with Crippen molar-refractivity contribution in [2.45, 2.75) is 32.0 Å². The van der Waals surface area contributed by atoms with Crippen molar-refractivity contribution in [1.29, 1.82) is 0 Å². The van der Waals surface area contributed by atoms with Crippen LogP contribution in [0.25, 0.3) is 0 Å². The second kappa shape index (κ2) is 12.2. The molecule has 1 fully saturated rings. The molecule has 40 heavy (non-hydrogen) atoms. The Morgan fingerprint density at radius 1 is 0.975 bits per heavy atom. The van der Waals surface area contributed by atoms with Gasteiger partial charge < -0.3 is 15.4 Å². The van der Waals surface area contributed by atoms with Gasteiger partial charge in [0.2, 0.25) is 5.91 Å². The molecule has 202 valence electrons. The van der Waals surface area contributed by atoms with Gasteiger partial charge in [0.1, 0.15) is 0 Å². The molecule has 9 nitrogen and oxygen atoms in total. The van der Waals surface area contributed by atoms with Gasteiger partial charge in [0.05, 0.1) is 12.1 Å². The minimum absolute atomic E-state index is 0.231. The summed E-state index contributed by atoms with van der Waals surface area (Å²) in [5.41, 5.74) is 4.46. The zero-order valence-electron chi connectivity index (χ0n) is 22.0. The number of carbonyl (C=O) groups excluding carboxylic acids is 3. The zero-order chi connectivity index (χ0) is 27.9. The number of aryl methyl sites for hydroxylation is 1. The van der Waals surface area contributed by atoms with Crippen molar-refractivity contribution in [2.75, 3.05) is 11.9 Å². The molecular weight excluding hydrogens is 506 g/mol. The molecule has 1 aliphatic rings. The minimum atomic E-state index is -0.882. The summed E-state index contributed by atoms with van der Waals surface area (Å²) in [4.78, 5) is 48.8. The Bertz CT molecular complexity index is 1480. The largest absolute Gasteiger partial charge is 0.438 e. The molecule has 2 aromatic heterocycles. The number of hydrogen-bond donors (Lipinski definition) is 2. The maximum atomic E-state index is 13.5. The van der Waals surface area contributed by atoms with Crippen molar-refractivity contribution in [3.05, 3.63) is 125 Å². The normalized spacial score (nSPS) is 16.3. The highest BCUT2D eigenvalue weighted by Crippen LogP contribution is 2.34. The van der Waals surface area contributed by atoms with Crippen molar-refractivity contribution in [2.24, 2.45) is 0 Å². The van der Waals surface area contributed by atoms with Gasteiger partial charge in [-0.1, -0.05) is 48.0 Å². The van der Waals surface area contributed by atoms with E-state index < -0.39 is 18.2 Å². The molecule has 9 heteroatoms. The lowest BCUT2D eigenvalue weighted by atomic mass is 10.00. The van der Waals surface area contributed by atoms with Crippen LogP contribution in [0.5, 0.6) is 0 Å². The zero-order valence-corrected chi connectivity index (χ0v) is 22.0. The van der Waals surface area contributed by atoms with Gasteiger partial charge in [0.25, 0.3) is 5.91 Å². The standard InChI is InChI=1S/C31H29N5O4/c1-21-6-4-7-22(18-21)20-36-27(30(38)34-17-14-25-9-2-3-16-33-25)28(40-31(36)39)23-10-12-26(13-11-23)35-29(37)24-8-5-15-32-19-24/h2-13,15-16,18-19,27-28H,14,17,20H2,1H3,(H,34,38)(H,35,37)/t27-,28+/m1/s1. The number of nitrogens with zero attached hydrogens (tertiary/aromatic N) is 3. The molecule has 0 spiro atoms. The number of nitrogens with one attached hydrogen (secondary N) is 2. The predicted octanol–water partition coefficient (Wildman–Crippen LogP) is 4.46. The van der Waals surface area contributed by atoms with Gasteiger partial charge in [-0.05, 0) is 54.4 Å². The van der Waals surface area contributed by atoms with E-state index in [1.165, 1.54) is 11.1 Å². The fourth-order valence-electron chi connectivity index (χ4n) is 4.64. The molecule has 2 N–H and O–H groups in total. The van der Waals surface area contributed by atoms with Gasteiger partial charge in [0, 0.05) is 42.9 Å². The first-order chi connectivity index (χ1) is 19.5. The summed E-state index contributed by atoms with van der Waals surface area (Å²) in [7, 11) is 0. The fourth-order valence-corrected chi connectivity index (χ4v) is 4.64. The summed E-state index contributed by atoms with van der Waals surface area (Å²) in [5, 5.41) is 5.79. The summed E-state index contributed by atoms with van der Waals surface area (Å²) in [6.07, 6.45) is 3.97. The van der Waals surface area contributed by atoms with E-state index in [2.05, 4.69) is 20.6 Å². The van der Waals surface area contributed by atoms with Crippen LogP contribution in [0, 0.1) is 6.92 Å². The SMILES string of the molecule is Cc1cccc(CN2C(=O)O[C@@H](c3ccc(NC(=O)c4cccnc4)cc3)[C@@H]2C(=O)NCCc2ccccn2)c1. The Labute approximate surface area is 232 Å². The van der Waals surface area contributed by atoms with E-state index in [0.29, 0.717) is 29.8 Å². The summed E-state index contributed by atoms with van der Waals surface area (Å²) in [5.74, 6) is -0.601. The van der Waals surface area contributed by atoms with Gasteiger partial charge in [-0.15, -0.1) is 0 Å². The summed E-state index contributed by atoms with van der Waals surface area (Å²) >= 11 is 0. The average molecular weight is 536 g/mol. The monoisotopic (exact) mass is 535 g/mol. The van der Waals surface area contributed by atoms with Crippen LogP contribution in [0.1, 0.15) is 38.8 Å². The highest BCUT2D eigenvalue weighted by atomic mass is 16.6. The Morgan fingerprint density at radius 3 is 2.55 bits per heavy atom. The molecule has 4 aromatic rings. The van der Waals surface area contributed by atoms with E-state index in [1.807, 2.05) is 49.4 Å². The molecular formula is C31H29N5O4. The summed E-state index contributed by atoms with van der Waals surface area (Å²) in [6.45, 7) is 2.57. The van der Waals surface area contributed by atoms with E-state index in [-0.39, 0.29) is 18.4 Å². The molecule has 0 unspecified atom stereocenters. The maximum Gasteiger partial charge on any atom is 0.411 e. The number of carbonyl (C=O) groups is 3. The minimum Gasteiger partial charge on any atom is -0.438 e.